The van der Waals surface area contributed by atoms with Crippen LogP contribution in [0.1, 0.15) is 0 Å². The third-order valence-corrected chi connectivity index (χ3v) is 1.51. The highest BCUT2D eigenvalue weighted by atomic mass is 19.3. The minimum absolute atomic E-state index is 0.0252. The fraction of sp³-hybridized carbons (Fsp3) is 0.429. The van der Waals surface area contributed by atoms with Gasteiger partial charge < -0.3 is 11.1 Å². The molecule has 1 heterocycles. The standard InChI is InChI=1S/C7H8F4N4/c8-6(9)7(10,11)2-13-5-1-4(12)14-3-15-5/h1,3,6H,2H2,(H3,12,13,14,15). The molecular formula is C7H8F4N4. The molecule has 4 nitrogen and oxygen atoms in total. The van der Waals surface area contributed by atoms with Crippen LogP contribution >= 0.6 is 0 Å². The average Bonchev–Trinajstić information content (AvgIpc) is 2.15. The van der Waals surface area contributed by atoms with Gasteiger partial charge in [-0.15, -0.1) is 0 Å². The average molecular weight is 224 g/mol. The molecule has 15 heavy (non-hydrogen) atoms. The molecule has 0 aromatic carbocycles. The van der Waals surface area contributed by atoms with Gasteiger partial charge >= 0.3 is 12.3 Å². The molecule has 8 heteroatoms. The third-order valence-electron chi connectivity index (χ3n) is 1.51. The van der Waals surface area contributed by atoms with Crippen molar-refractivity contribution in [2.75, 3.05) is 17.6 Å². The number of aromatic nitrogens is 2. The first kappa shape index (κ1) is 11.5. The van der Waals surface area contributed by atoms with Crippen LogP contribution in [0.5, 0.6) is 0 Å². The van der Waals surface area contributed by atoms with Crippen LogP contribution < -0.4 is 11.1 Å². The zero-order valence-electron chi connectivity index (χ0n) is 7.42. The van der Waals surface area contributed by atoms with Gasteiger partial charge in [0, 0.05) is 6.07 Å². The van der Waals surface area contributed by atoms with E-state index in [4.69, 9.17) is 5.73 Å². The van der Waals surface area contributed by atoms with Gasteiger partial charge in [-0.2, -0.15) is 8.78 Å². The molecule has 0 radical (unpaired) electrons. The summed E-state index contributed by atoms with van der Waals surface area (Å²) in [6, 6.07) is 1.17. The summed E-state index contributed by atoms with van der Waals surface area (Å²) >= 11 is 0. The first-order valence-electron chi connectivity index (χ1n) is 3.89. The molecular weight excluding hydrogens is 216 g/mol. The summed E-state index contributed by atoms with van der Waals surface area (Å²) in [7, 11) is 0. The number of nitrogens with zero attached hydrogens (tertiary/aromatic N) is 2. The smallest absolute Gasteiger partial charge is 0.324 e. The van der Waals surface area contributed by atoms with Crippen LogP contribution in [0.4, 0.5) is 29.2 Å². The van der Waals surface area contributed by atoms with Crippen molar-refractivity contribution in [1.29, 1.82) is 0 Å². The summed E-state index contributed by atoms with van der Waals surface area (Å²) in [5.41, 5.74) is 5.23. The van der Waals surface area contributed by atoms with Crippen molar-refractivity contribution in [1.82, 2.24) is 9.97 Å². The molecule has 0 atom stereocenters. The molecule has 1 aromatic heterocycles. The van der Waals surface area contributed by atoms with Crippen molar-refractivity contribution in [3.05, 3.63) is 12.4 Å². The van der Waals surface area contributed by atoms with Gasteiger partial charge in [-0.1, -0.05) is 0 Å². The maximum atomic E-state index is 12.4. The Morgan fingerprint density at radius 3 is 2.60 bits per heavy atom. The summed E-state index contributed by atoms with van der Waals surface area (Å²) in [6.07, 6.45) is -2.68. The molecule has 84 valence electrons. The van der Waals surface area contributed by atoms with Gasteiger partial charge in [-0.05, 0) is 0 Å². The second-order valence-corrected chi connectivity index (χ2v) is 2.74. The predicted molar refractivity (Wildman–Crippen MR) is 45.9 cm³/mol. The lowest BCUT2D eigenvalue weighted by atomic mass is 10.3. The van der Waals surface area contributed by atoms with Crippen molar-refractivity contribution in [2.24, 2.45) is 0 Å². The van der Waals surface area contributed by atoms with Crippen molar-refractivity contribution in [3.8, 4) is 0 Å². The molecule has 0 aliphatic rings. The fourth-order valence-electron chi connectivity index (χ4n) is 0.755. The fourth-order valence-corrected chi connectivity index (χ4v) is 0.755. The van der Waals surface area contributed by atoms with Crippen LogP contribution in [-0.4, -0.2) is 28.9 Å². The second kappa shape index (κ2) is 4.28. The molecule has 0 spiro atoms. The zero-order valence-corrected chi connectivity index (χ0v) is 7.42. The van der Waals surface area contributed by atoms with Gasteiger partial charge in [-0.25, -0.2) is 18.7 Å². The van der Waals surface area contributed by atoms with E-state index in [0.717, 1.165) is 6.33 Å². The number of nitrogens with one attached hydrogen (secondary N) is 1. The van der Waals surface area contributed by atoms with E-state index in [1.165, 1.54) is 6.07 Å². The van der Waals surface area contributed by atoms with Gasteiger partial charge in [0.25, 0.3) is 0 Å². The number of anilines is 2. The summed E-state index contributed by atoms with van der Waals surface area (Å²) in [5, 5.41) is 2.05. The number of hydrogen-bond acceptors (Lipinski definition) is 4. The van der Waals surface area contributed by atoms with Gasteiger partial charge in [0.1, 0.15) is 18.0 Å². The Morgan fingerprint density at radius 1 is 1.40 bits per heavy atom. The maximum absolute atomic E-state index is 12.4. The largest absolute Gasteiger partial charge is 0.384 e. The molecule has 0 bridgehead atoms. The molecule has 0 fully saturated rings. The molecule has 0 saturated carbocycles. The maximum Gasteiger partial charge on any atom is 0.324 e. The highest BCUT2D eigenvalue weighted by molar-refractivity contribution is 5.43. The number of hydrogen-bond donors (Lipinski definition) is 2. The highest BCUT2D eigenvalue weighted by Gasteiger charge is 2.40. The Bertz CT molecular complexity index is 331. The molecule has 0 aliphatic heterocycles. The molecule has 0 saturated heterocycles. The Morgan fingerprint density at radius 2 is 2.07 bits per heavy atom. The lowest BCUT2D eigenvalue weighted by Crippen LogP contribution is -2.35. The van der Waals surface area contributed by atoms with Crippen LogP contribution in [-0.2, 0) is 0 Å². The van der Waals surface area contributed by atoms with Crippen molar-refractivity contribution in [2.45, 2.75) is 12.3 Å². The van der Waals surface area contributed by atoms with E-state index in [9.17, 15) is 17.6 Å². The van der Waals surface area contributed by atoms with Crippen LogP contribution in [0, 0.1) is 0 Å². The lowest BCUT2D eigenvalue weighted by Gasteiger charge is -2.15. The number of rotatable bonds is 4. The summed E-state index contributed by atoms with van der Waals surface area (Å²) in [4.78, 5) is 7.03. The first-order chi connectivity index (χ1) is 6.92. The van der Waals surface area contributed by atoms with E-state index in [-0.39, 0.29) is 11.6 Å². The lowest BCUT2D eigenvalue weighted by molar-refractivity contribution is -0.117. The number of nitrogens with two attached hydrogens (primary N) is 1. The topological polar surface area (TPSA) is 63.8 Å². The first-order valence-corrected chi connectivity index (χ1v) is 3.89. The highest BCUT2D eigenvalue weighted by Crippen LogP contribution is 2.22. The van der Waals surface area contributed by atoms with E-state index in [2.05, 4.69) is 9.97 Å². The van der Waals surface area contributed by atoms with E-state index < -0.39 is 18.9 Å². The number of alkyl halides is 4. The van der Waals surface area contributed by atoms with Crippen LogP contribution in [0.15, 0.2) is 12.4 Å². The van der Waals surface area contributed by atoms with E-state index in [0.29, 0.717) is 0 Å². The van der Waals surface area contributed by atoms with Crippen LogP contribution in [0.3, 0.4) is 0 Å². The number of nitrogen functional groups attached to an aromatic ring is 1. The SMILES string of the molecule is Nc1cc(NCC(F)(F)C(F)F)ncn1. The van der Waals surface area contributed by atoms with Crippen LogP contribution in [0.25, 0.3) is 0 Å². The van der Waals surface area contributed by atoms with Gasteiger partial charge in [0.2, 0.25) is 0 Å². The molecule has 0 aliphatic carbocycles. The molecule has 3 N–H and O–H groups in total. The molecule has 0 unspecified atom stereocenters. The van der Waals surface area contributed by atoms with Crippen molar-refractivity contribution >= 4 is 11.6 Å². The van der Waals surface area contributed by atoms with Gasteiger partial charge in [0.05, 0.1) is 6.54 Å². The predicted octanol–water partition coefficient (Wildman–Crippen LogP) is 1.37. The van der Waals surface area contributed by atoms with Crippen LogP contribution in [0.2, 0.25) is 0 Å². The Labute approximate surface area is 82.5 Å². The van der Waals surface area contributed by atoms with Gasteiger partial charge in [-0.3, -0.25) is 0 Å². The quantitative estimate of drug-likeness (QED) is 0.758. The van der Waals surface area contributed by atoms with Gasteiger partial charge in [0.15, 0.2) is 0 Å². The monoisotopic (exact) mass is 224 g/mol. The second-order valence-electron chi connectivity index (χ2n) is 2.74. The normalized spacial score (nSPS) is 11.8. The van der Waals surface area contributed by atoms with E-state index >= 15 is 0 Å². The van der Waals surface area contributed by atoms with Crippen molar-refractivity contribution < 1.29 is 17.6 Å². The minimum atomic E-state index is -4.10. The number of halogens is 4. The molecule has 1 rings (SSSR count). The Kier molecular flexibility index (Phi) is 3.28. The molecule has 0 amide bonds. The zero-order chi connectivity index (χ0) is 11.5. The Hall–Kier alpha value is -1.60. The third kappa shape index (κ3) is 3.22. The summed E-state index contributed by atoms with van der Waals surface area (Å²) < 4.78 is 48.4. The summed E-state index contributed by atoms with van der Waals surface area (Å²) in [6.45, 7) is -1.21. The molecule has 1 aromatic rings. The summed E-state index contributed by atoms with van der Waals surface area (Å²) in [5.74, 6) is -4.06. The minimum Gasteiger partial charge on any atom is -0.384 e. The van der Waals surface area contributed by atoms with E-state index in [1.807, 2.05) is 5.32 Å². The van der Waals surface area contributed by atoms with E-state index in [1.54, 1.807) is 0 Å². The Balaban J connectivity index is 2.57. The van der Waals surface area contributed by atoms with Crippen molar-refractivity contribution in [3.63, 3.8) is 0 Å².